The van der Waals surface area contributed by atoms with Crippen LogP contribution in [-0.4, -0.2) is 24.6 Å². The van der Waals surface area contributed by atoms with Crippen molar-refractivity contribution < 1.29 is 14.2 Å². The van der Waals surface area contributed by atoms with E-state index in [9.17, 15) is 0 Å². The van der Waals surface area contributed by atoms with E-state index in [4.69, 9.17) is 14.2 Å². The number of hydrogen-bond donors (Lipinski definition) is 0. The fraction of sp³-hybridized carbons (Fsp3) is 0.467. The van der Waals surface area contributed by atoms with E-state index >= 15 is 0 Å². The van der Waals surface area contributed by atoms with Gasteiger partial charge in [0.1, 0.15) is 12.2 Å². The van der Waals surface area contributed by atoms with Crippen LogP contribution in [0.3, 0.4) is 0 Å². The molecular formula is C15H20O3. The Kier molecular flexibility index (Phi) is 4.17. The average Bonchev–Trinajstić information content (AvgIpc) is 2.65. The summed E-state index contributed by atoms with van der Waals surface area (Å²) >= 11 is 0. The third-order valence-electron chi connectivity index (χ3n) is 2.85. The SMILES string of the molecule is C=C[C@H]1OC(C)(C)O[C@H]1COCc1ccccc1. The fourth-order valence-corrected chi connectivity index (χ4v) is 2.06. The van der Waals surface area contributed by atoms with Crippen LogP contribution >= 0.6 is 0 Å². The van der Waals surface area contributed by atoms with Gasteiger partial charge in [0.05, 0.1) is 13.2 Å². The van der Waals surface area contributed by atoms with Crippen molar-refractivity contribution in [2.75, 3.05) is 6.61 Å². The van der Waals surface area contributed by atoms with Gasteiger partial charge in [-0.05, 0) is 19.4 Å². The van der Waals surface area contributed by atoms with Crippen molar-refractivity contribution in [2.45, 2.75) is 38.4 Å². The number of rotatable bonds is 5. The molecule has 2 rings (SSSR count). The molecule has 1 aliphatic rings. The highest BCUT2D eigenvalue weighted by Crippen LogP contribution is 2.28. The normalized spacial score (nSPS) is 26.1. The van der Waals surface area contributed by atoms with E-state index in [2.05, 4.69) is 6.58 Å². The van der Waals surface area contributed by atoms with Crippen LogP contribution in [-0.2, 0) is 20.8 Å². The van der Waals surface area contributed by atoms with E-state index in [1.54, 1.807) is 6.08 Å². The van der Waals surface area contributed by atoms with Crippen LogP contribution in [0.1, 0.15) is 19.4 Å². The van der Waals surface area contributed by atoms with Gasteiger partial charge in [0.15, 0.2) is 5.79 Å². The number of benzene rings is 1. The van der Waals surface area contributed by atoms with Crippen LogP contribution in [0.25, 0.3) is 0 Å². The first kappa shape index (κ1) is 13.3. The predicted octanol–water partition coefficient (Wildman–Crippen LogP) is 2.91. The van der Waals surface area contributed by atoms with Gasteiger partial charge < -0.3 is 14.2 Å². The Morgan fingerprint density at radius 2 is 2.00 bits per heavy atom. The van der Waals surface area contributed by atoms with Gasteiger partial charge in [-0.1, -0.05) is 36.4 Å². The van der Waals surface area contributed by atoms with Crippen molar-refractivity contribution in [1.82, 2.24) is 0 Å². The number of ether oxygens (including phenoxy) is 3. The molecule has 1 fully saturated rings. The van der Waals surface area contributed by atoms with E-state index in [1.807, 2.05) is 44.2 Å². The van der Waals surface area contributed by atoms with Crippen LogP contribution in [0.15, 0.2) is 43.0 Å². The van der Waals surface area contributed by atoms with Crippen molar-refractivity contribution in [1.29, 1.82) is 0 Å². The molecular weight excluding hydrogens is 228 g/mol. The van der Waals surface area contributed by atoms with E-state index in [0.29, 0.717) is 13.2 Å². The first-order valence-electron chi connectivity index (χ1n) is 6.20. The summed E-state index contributed by atoms with van der Waals surface area (Å²) in [5.41, 5.74) is 1.16. The lowest BCUT2D eigenvalue weighted by Gasteiger charge is -2.16. The lowest BCUT2D eigenvalue weighted by atomic mass is 10.2. The molecule has 0 aliphatic carbocycles. The topological polar surface area (TPSA) is 27.7 Å². The Morgan fingerprint density at radius 3 is 2.67 bits per heavy atom. The van der Waals surface area contributed by atoms with Crippen LogP contribution in [0, 0.1) is 0 Å². The molecule has 3 heteroatoms. The minimum Gasteiger partial charge on any atom is -0.374 e. The predicted molar refractivity (Wildman–Crippen MR) is 70.1 cm³/mol. The molecule has 98 valence electrons. The summed E-state index contributed by atoms with van der Waals surface area (Å²) in [6.45, 7) is 8.67. The highest BCUT2D eigenvalue weighted by atomic mass is 16.8. The molecule has 1 aromatic rings. The maximum absolute atomic E-state index is 5.77. The zero-order chi connectivity index (χ0) is 13.0. The minimum atomic E-state index is -0.556. The molecule has 0 N–H and O–H groups in total. The molecule has 2 atom stereocenters. The van der Waals surface area contributed by atoms with Crippen molar-refractivity contribution >= 4 is 0 Å². The Balaban J connectivity index is 1.81. The molecule has 18 heavy (non-hydrogen) atoms. The van der Waals surface area contributed by atoms with E-state index < -0.39 is 5.79 Å². The molecule has 0 saturated carbocycles. The van der Waals surface area contributed by atoms with Gasteiger partial charge in [-0.15, -0.1) is 6.58 Å². The summed E-state index contributed by atoms with van der Waals surface area (Å²) in [5, 5.41) is 0. The van der Waals surface area contributed by atoms with Gasteiger partial charge in [-0.25, -0.2) is 0 Å². The van der Waals surface area contributed by atoms with Gasteiger partial charge in [0.25, 0.3) is 0 Å². The second-order valence-corrected chi connectivity index (χ2v) is 4.88. The standard InChI is InChI=1S/C15H20O3/c1-4-13-14(18-15(2,3)17-13)11-16-10-12-8-6-5-7-9-12/h4-9,13-14H,1,10-11H2,2-3H3/t13-,14+/m1/s1. The van der Waals surface area contributed by atoms with Crippen LogP contribution in [0.2, 0.25) is 0 Å². The maximum Gasteiger partial charge on any atom is 0.164 e. The van der Waals surface area contributed by atoms with Crippen LogP contribution in [0.5, 0.6) is 0 Å². The molecule has 0 bridgehead atoms. The van der Waals surface area contributed by atoms with Crippen LogP contribution in [0.4, 0.5) is 0 Å². The zero-order valence-electron chi connectivity index (χ0n) is 11.0. The highest BCUT2D eigenvalue weighted by Gasteiger charge is 2.39. The smallest absolute Gasteiger partial charge is 0.164 e. The summed E-state index contributed by atoms with van der Waals surface area (Å²) < 4.78 is 17.1. The molecule has 0 aromatic heterocycles. The molecule has 1 saturated heterocycles. The van der Waals surface area contributed by atoms with Gasteiger partial charge >= 0.3 is 0 Å². The molecule has 1 aromatic carbocycles. The molecule has 0 unspecified atom stereocenters. The Hall–Kier alpha value is -1.16. The first-order valence-corrected chi connectivity index (χ1v) is 6.20. The third kappa shape index (κ3) is 3.42. The van der Waals surface area contributed by atoms with E-state index in [0.717, 1.165) is 5.56 Å². The number of hydrogen-bond acceptors (Lipinski definition) is 3. The van der Waals surface area contributed by atoms with E-state index in [1.165, 1.54) is 0 Å². The summed E-state index contributed by atoms with van der Waals surface area (Å²) in [4.78, 5) is 0. The quantitative estimate of drug-likeness (QED) is 0.750. The van der Waals surface area contributed by atoms with Gasteiger partial charge in [-0.2, -0.15) is 0 Å². The lowest BCUT2D eigenvalue weighted by molar-refractivity contribution is -0.148. The summed E-state index contributed by atoms with van der Waals surface area (Å²) in [5.74, 6) is -0.556. The zero-order valence-corrected chi connectivity index (χ0v) is 11.0. The molecule has 0 amide bonds. The first-order chi connectivity index (χ1) is 8.61. The van der Waals surface area contributed by atoms with Gasteiger partial charge in [-0.3, -0.25) is 0 Å². The second kappa shape index (κ2) is 5.65. The largest absolute Gasteiger partial charge is 0.374 e. The lowest BCUT2D eigenvalue weighted by Crippen LogP contribution is -2.26. The molecule has 1 aliphatic heterocycles. The van der Waals surface area contributed by atoms with Crippen molar-refractivity contribution in [3.05, 3.63) is 48.6 Å². The minimum absolute atomic E-state index is 0.0822. The third-order valence-corrected chi connectivity index (χ3v) is 2.85. The molecule has 3 nitrogen and oxygen atoms in total. The average molecular weight is 248 g/mol. The molecule has 0 spiro atoms. The second-order valence-electron chi connectivity index (χ2n) is 4.88. The summed E-state index contributed by atoms with van der Waals surface area (Å²) in [6, 6.07) is 10.1. The fourth-order valence-electron chi connectivity index (χ4n) is 2.06. The Morgan fingerprint density at radius 1 is 1.28 bits per heavy atom. The van der Waals surface area contributed by atoms with E-state index in [-0.39, 0.29) is 12.2 Å². The monoisotopic (exact) mass is 248 g/mol. The maximum atomic E-state index is 5.77. The van der Waals surface area contributed by atoms with Crippen LogP contribution < -0.4 is 0 Å². The van der Waals surface area contributed by atoms with Gasteiger partial charge in [0, 0.05) is 0 Å². The molecule has 1 heterocycles. The van der Waals surface area contributed by atoms with Gasteiger partial charge in [0.2, 0.25) is 0 Å². The van der Waals surface area contributed by atoms with Crippen molar-refractivity contribution in [2.24, 2.45) is 0 Å². The van der Waals surface area contributed by atoms with Crippen molar-refractivity contribution in [3.8, 4) is 0 Å². The molecule has 0 radical (unpaired) electrons. The summed E-state index contributed by atoms with van der Waals surface area (Å²) in [6.07, 6.45) is 1.59. The Labute approximate surface area is 108 Å². The summed E-state index contributed by atoms with van der Waals surface area (Å²) in [7, 11) is 0. The highest BCUT2D eigenvalue weighted by molar-refractivity contribution is 5.13. The Bertz CT molecular complexity index is 386. The van der Waals surface area contributed by atoms with Crippen molar-refractivity contribution in [3.63, 3.8) is 0 Å².